The molecule has 1 amide bonds. The number of carbonyl (C=O) groups is 1. The zero-order chi connectivity index (χ0) is 12.8. The average molecular weight is 295 g/mol. The molecule has 0 aliphatic heterocycles. The molecular weight excluding hydrogens is 280 g/mol. The quantitative estimate of drug-likeness (QED) is 0.857. The van der Waals surface area contributed by atoms with E-state index in [4.69, 9.17) is 5.26 Å². The number of nitrogens with zero attached hydrogens (tertiary/aromatic N) is 2. The second-order valence-corrected chi connectivity index (χ2v) is 4.80. The monoisotopic (exact) mass is 294 g/mol. The molecule has 0 saturated heterocycles. The van der Waals surface area contributed by atoms with E-state index in [2.05, 4.69) is 22.0 Å². The van der Waals surface area contributed by atoms with Crippen LogP contribution in [0.3, 0.4) is 0 Å². The van der Waals surface area contributed by atoms with E-state index in [1.165, 1.54) is 0 Å². The number of rotatable bonds is 4. The molecule has 0 aliphatic rings. The first-order valence-electron chi connectivity index (χ1n) is 5.53. The maximum absolute atomic E-state index is 12.2. The predicted molar refractivity (Wildman–Crippen MR) is 70.5 cm³/mol. The summed E-state index contributed by atoms with van der Waals surface area (Å²) in [6.07, 6.45) is 0. The van der Waals surface area contributed by atoms with Crippen molar-refractivity contribution in [1.29, 1.82) is 5.26 Å². The van der Waals surface area contributed by atoms with Crippen LogP contribution < -0.4 is 0 Å². The lowest BCUT2D eigenvalue weighted by atomic mass is 10.1. The molecule has 1 atom stereocenters. The van der Waals surface area contributed by atoms with Gasteiger partial charge in [-0.25, -0.2) is 0 Å². The largest absolute Gasteiger partial charge is 0.338 e. The number of carbonyl (C=O) groups excluding carboxylic acids is 1. The first-order valence-corrected chi connectivity index (χ1v) is 6.32. The van der Waals surface area contributed by atoms with Crippen LogP contribution in [0.1, 0.15) is 24.2 Å². The van der Waals surface area contributed by atoms with Crippen LogP contribution in [-0.2, 0) is 0 Å². The summed E-state index contributed by atoms with van der Waals surface area (Å²) in [5, 5.41) is 8.78. The summed E-state index contributed by atoms with van der Waals surface area (Å²) >= 11 is 3.34. The van der Waals surface area contributed by atoms with E-state index >= 15 is 0 Å². The topological polar surface area (TPSA) is 44.1 Å². The predicted octanol–water partition coefficient (Wildman–Crippen LogP) is 3.07. The van der Waals surface area contributed by atoms with Crippen molar-refractivity contribution in [2.75, 3.05) is 13.1 Å². The molecule has 0 fully saturated rings. The van der Waals surface area contributed by atoms with Gasteiger partial charge in [-0.2, -0.15) is 5.26 Å². The van der Waals surface area contributed by atoms with Gasteiger partial charge < -0.3 is 4.90 Å². The third kappa shape index (κ3) is 3.86. The Morgan fingerprint density at radius 2 is 2.29 bits per heavy atom. The Morgan fingerprint density at radius 3 is 2.82 bits per heavy atom. The molecule has 0 aliphatic carbocycles. The fourth-order valence-corrected chi connectivity index (χ4v) is 1.93. The van der Waals surface area contributed by atoms with Crippen LogP contribution in [-0.4, -0.2) is 23.9 Å². The molecule has 4 heteroatoms. The van der Waals surface area contributed by atoms with Gasteiger partial charge in [0.25, 0.3) is 5.91 Å². The number of halogens is 1. The van der Waals surface area contributed by atoms with E-state index in [1.54, 1.807) is 17.0 Å². The molecule has 0 N–H and O–H groups in total. The van der Waals surface area contributed by atoms with Gasteiger partial charge >= 0.3 is 0 Å². The highest BCUT2D eigenvalue weighted by Gasteiger charge is 2.16. The normalized spacial score (nSPS) is 11.6. The zero-order valence-electron chi connectivity index (χ0n) is 9.98. The van der Waals surface area contributed by atoms with Crippen LogP contribution in [0.15, 0.2) is 28.7 Å². The van der Waals surface area contributed by atoms with E-state index in [0.717, 1.165) is 4.47 Å². The fourth-order valence-electron chi connectivity index (χ4n) is 1.53. The molecule has 0 saturated carbocycles. The van der Waals surface area contributed by atoms with Crippen molar-refractivity contribution in [3.63, 3.8) is 0 Å². The van der Waals surface area contributed by atoms with Crippen molar-refractivity contribution < 1.29 is 4.79 Å². The molecule has 3 nitrogen and oxygen atoms in total. The highest BCUT2D eigenvalue weighted by atomic mass is 79.9. The molecule has 17 heavy (non-hydrogen) atoms. The van der Waals surface area contributed by atoms with Crippen LogP contribution in [0.5, 0.6) is 0 Å². The first-order chi connectivity index (χ1) is 8.08. The lowest BCUT2D eigenvalue weighted by molar-refractivity contribution is 0.0752. The standard InChI is InChI=1S/C13H15BrN2O/c1-3-16(9-10(2)8-15)13(17)11-5-4-6-12(14)7-11/h4-7,10H,3,9H2,1-2H3. The minimum atomic E-state index is -0.147. The molecule has 0 aromatic heterocycles. The van der Waals surface area contributed by atoms with Crippen LogP contribution >= 0.6 is 15.9 Å². The van der Waals surface area contributed by atoms with Crippen molar-refractivity contribution in [3.8, 4) is 6.07 Å². The summed E-state index contributed by atoms with van der Waals surface area (Å²) in [5.74, 6) is -0.179. The van der Waals surface area contributed by atoms with Crippen molar-refractivity contribution in [3.05, 3.63) is 34.3 Å². The van der Waals surface area contributed by atoms with Gasteiger partial charge in [-0.1, -0.05) is 22.0 Å². The molecule has 0 bridgehead atoms. The molecule has 1 rings (SSSR count). The van der Waals surface area contributed by atoms with Gasteiger partial charge in [0.05, 0.1) is 12.0 Å². The maximum Gasteiger partial charge on any atom is 0.253 e. The van der Waals surface area contributed by atoms with E-state index in [0.29, 0.717) is 18.7 Å². The van der Waals surface area contributed by atoms with Gasteiger partial charge in [-0.3, -0.25) is 4.79 Å². The number of benzene rings is 1. The average Bonchev–Trinajstić information content (AvgIpc) is 2.34. The summed E-state index contributed by atoms with van der Waals surface area (Å²) in [7, 11) is 0. The SMILES string of the molecule is CCN(CC(C)C#N)C(=O)c1cccc(Br)c1. The first kappa shape index (κ1) is 13.7. The van der Waals surface area contributed by atoms with Crippen molar-refractivity contribution in [2.24, 2.45) is 5.92 Å². The number of hydrogen-bond acceptors (Lipinski definition) is 2. The van der Waals surface area contributed by atoms with Crippen LogP contribution in [0.2, 0.25) is 0 Å². The summed E-state index contributed by atoms with van der Waals surface area (Å²) in [6.45, 7) is 4.81. The zero-order valence-corrected chi connectivity index (χ0v) is 11.6. The minimum absolute atomic E-state index is 0.0316. The minimum Gasteiger partial charge on any atom is -0.338 e. The lowest BCUT2D eigenvalue weighted by Crippen LogP contribution is -2.34. The van der Waals surface area contributed by atoms with Crippen LogP contribution in [0.4, 0.5) is 0 Å². The van der Waals surface area contributed by atoms with Gasteiger partial charge in [-0.15, -0.1) is 0 Å². The van der Waals surface area contributed by atoms with E-state index < -0.39 is 0 Å². The molecule has 1 unspecified atom stereocenters. The van der Waals surface area contributed by atoms with Gasteiger partial charge in [0.15, 0.2) is 0 Å². The van der Waals surface area contributed by atoms with Gasteiger partial charge in [0.1, 0.15) is 0 Å². The van der Waals surface area contributed by atoms with Crippen molar-refractivity contribution >= 4 is 21.8 Å². The molecule has 1 aromatic carbocycles. The van der Waals surface area contributed by atoms with Crippen molar-refractivity contribution in [2.45, 2.75) is 13.8 Å². The van der Waals surface area contributed by atoms with E-state index in [1.807, 2.05) is 26.0 Å². The Labute approximate surface area is 110 Å². The summed E-state index contributed by atoms with van der Waals surface area (Å²) < 4.78 is 0.882. The highest BCUT2D eigenvalue weighted by Crippen LogP contribution is 2.14. The van der Waals surface area contributed by atoms with Crippen LogP contribution in [0, 0.1) is 17.2 Å². The molecule has 0 heterocycles. The Bertz CT molecular complexity index is 439. The number of nitriles is 1. The fraction of sp³-hybridized carbons (Fsp3) is 0.385. The lowest BCUT2D eigenvalue weighted by Gasteiger charge is -2.22. The van der Waals surface area contributed by atoms with Gasteiger partial charge in [0.2, 0.25) is 0 Å². The molecule has 1 aromatic rings. The Balaban J connectivity index is 2.83. The molecular formula is C13H15BrN2O. The third-order valence-corrected chi connectivity index (χ3v) is 2.95. The third-order valence-electron chi connectivity index (χ3n) is 2.46. The summed E-state index contributed by atoms with van der Waals surface area (Å²) in [6, 6.07) is 9.43. The molecule has 0 radical (unpaired) electrons. The summed E-state index contributed by atoms with van der Waals surface area (Å²) in [4.78, 5) is 13.9. The second-order valence-electron chi connectivity index (χ2n) is 3.88. The number of hydrogen-bond donors (Lipinski definition) is 0. The van der Waals surface area contributed by atoms with Crippen LogP contribution in [0.25, 0.3) is 0 Å². The van der Waals surface area contributed by atoms with E-state index in [9.17, 15) is 4.79 Å². The molecule has 0 spiro atoms. The summed E-state index contributed by atoms with van der Waals surface area (Å²) in [5.41, 5.74) is 0.645. The van der Waals surface area contributed by atoms with E-state index in [-0.39, 0.29) is 11.8 Å². The molecule has 90 valence electrons. The Morgan fingerprint density at radius 1 is 1.59 bits per heavy atom. The smallest absolute Gasteiger partial charge is 0.253 e. The second kappa shape index (κ2) is 6.41. The Kier molecular flexibility index (Phi) is 5.17. The van der Waals surface area contributed by atoms with Crippen molar-refractivity contribution in [1.82, 2.24) is 4.90 Å². The van der Waals surface area contributed by atoms with Gasteiger partial charge in [-0.05, 0) is 32.0 Å². The highest BCUT2D eigenvalue weighted by molar-refractivity contribution is 9.10. The van der Waals surface area contributed by atoms with Gasteiger partial charge in [0, 0.05) is 23.1 Å². The number of amides is 1. The Hall–Kier alpha value is -1.34. The maximum atomic E-state index is 12.2.